The molecular weight excluding hydrogens is 941 g/mol. The molecule has 0 saturated heterocycles. The first-order valence-electron chi connectivity index (χ1n) is 21.6. The number of anilines is 3. The Bertz CT molecular complexity index is 3050. The van der Waals surface area contributed by atoms with Gasteiger partial charge in [0.25, 0.3) is 17.9 Å². The summed E-state index contributed by atoms with van der Waals surface area (Å²) in [5.41, 5.74) is 2.73. The summed E-state index contributed by atoms with van der Waals surface area (Å²) in [6.45, 7) is 3.82. The summed E-state index contributed by atoms with van der Waals surface area (Å²) in [5.74, 6) is 1.53. The molecule has 1 aromatic heterocycles. The van der Waals surface area contributed by atoms with Gasteiger partial charge in [0.15, 0.2) is 11.4 Å². The van der Waals surface area contributed by atoms with E-state index in [-0.39, 0.29) is 17.4 Å². The van der Waals surface area contributed by atoms with Crippen molar-refractivity contribution >= 4 is 66.9 Å². The van der Waals surface area contributed by atoms with Crippen LogP contribution in [0.4, 0.5) is 17.1 Å². The minimum absolute atomic E-state index is 0.0274. The van der Waals surface area contributed by atoms with Gasteiger partial charge in [0.1, 0.15) is 40.0 Å². The van der Waals surface area contributed by atoms with Crippen LogP contribution in [-0.4, -0.2) is 68.9 Å². The number of para-hydroxylation sites is 2. The lowest BCUT2D eigenvalue weighted by atomic mass is 9.98. The summed E-state index contributed by atoms with van der Waals surface area (Å²) in [6, 6.07) is 38.4. The number of hydrogen-bond donors (Lipinski definition) is 3. The number of oxazole rings is 1. The average molecular weight is 991 g/mol. The van der Waals surface area contributed by atoms with Crippen LogP contribution >= 0.6 is 0 Å². The molecule has 0 aliphatic heterocycles. The molecule has 364 valence electrons. The molecule has 1 aliphatic carbocycles. The Morgan fingerprint density at radius 2 is 1.27 bits per heavy atom. The van der Waals surface area contributed by atoms with Crippen molar-refractivity contribution in [1.82, 2.24) is 4.98 Å². The molecule has 1 saturated carbocycles. The third kappa shape index (κ3) is 13.2. The van der Waals surface area contributed by atoms with Gasteiger partial charge in [0, 0.05) is 22.9 Å². The van der Waals surface area contributed by atoms with Crippen LogP contribution in [-0.2, 0) is 35.5 Å². The first-order chi connectivity index (χ1) is 33.5. The molecule has 7 aromatic rings. The van der Waals surface area contributed by atoms with Crippen molar-refractivity contribution in [3.05, 3.63) is 151 Å². The third-order valence-electron chi connectivity index (χ3n) is 10.7. The van der Waals surface area contributed by atoms with Crippen LogP contribution in [0.5, 0.6) is 34.5 Å². The number of sulfonamides is 1. The van der Waals surface area contributed by atoms with Gasteiger partial charge in [-0.2, -0.15) is 0 Å². The van der Waals surface area contributed by atoms with Gasteiger partial charge in [-0.25, -0.2) is 17.6 Å². The highest BCUT2D eigenvalue weighted by molar-refractivity contribution is 7.92. The molecule has 3 unspecified atom stereocenters. The van der Waals surface area contributed by atoms with E-state index in [9.17, 15) is 27.0 Å². The number of aromatic nitrogens is 1. The number of carbonyl (C=O) groups excluding carboxylic acids is 3. The van der Waals surface area contributed by atoms with Crippen molar-refractivity contribution < 1.29 is 59.3 Å². The zero-order valence-corrected chi connectivity index (χ0v) is 40.6. The maximum Gasteiger partial charge on any atom is 0.275 e. The number of methoxy groups -OCH3 is 3. The lowest BCUT2D eigenvalue weighted by Gasteiger charge is -2.21. The first kappa shape index (κ1) is 50.0. The molecule has 1 fully saturated rings. The predicted octanol–water partition coefficient (Wildman–Crippen LogP) is 8.84. The van der Waals surface area contributed by atoms with E-state index >= 15 is 0 Å². The van der Waals surface area contributed by atoms with Crippen molar-refractivity contribution in [3.63, 3.8) is 0 Å². The van der Waals surface area contributed by atoms with Gasteiger partial charge < -0.3 is 42.9 Å². The van der Waals surface area contributed by atoms with Crippen molar-refractivity contribution in [1.29, 1.82) is 0 Å². The molecular formula is C51H50N4O13S2. The van der Waals surface area contributed by atoms with Gasteiger partial charge in [0.05, 0.1) is 38.2 Å². The van der Waals surface area contributed by atoms with Crippen LogP contribution in [0.15, 0.2) is 149 Å². The molecule has 17 nitrogen and oxygen atoms in total. The molecule has 3 atom stereocenters. The lowest BCUT2D eigenvalue weighted by Crippen LogP contribution is -2.43. The van der Waals surface area contributed by atoms with Gasteiger partial charge in [-0.05, 0) is 129 Å². The highest BCUT2D eigenvalue weighted by atomic mass is 32.2. The van der Waals surface area contributed by atoms with E-state index in [1.165, 1.54) is 26.4 Å². The largest absolute Gasteiger partial charge is 0.497 e. The third-order valence-corrected chi connectivity index (χ3v) is 12.3. The number of Topliss-reactive ketones (excluding diaryl/α,β-unsaturated/α-hetero) is 1. The van der Waals surface area contributed by atoms with Gasteiger partial charge in [-0.1, -0.05) is 36.8 Å². The number of amides is 2. The summed E-state index contributed by atoms with van der Waals surface area (Å²) in [7, 11) is 1.15. The standard InChI is InChI=1S/C29H25N3O8S2.C22H25NO5/c1-37-21-11-13-23(14-12-21)40-41(34)24-17-15-22(16-18-24)38-27(29-31-25-5-3-4-6-26(25)39-29)28(33)30-19-7-9-20(10-8-19)32-42(2,35)36;1-14-5-7-15(8-6-14)28-19(20(24)22(2)11-12-22)21(25)23-17-13-16(26-3)9-10-18(17)27-4/h3-18,27,32H,1-2H3,(H,30,33);5-10,13,19H,11-12H2,1-4H3,(H,23,25). The Morgan fingerprint density at radius 3 is 1.89 bits per heavy atom. The summed E-state index contributed by atoms with van der Waals surface area (Å²) in [5, 5.41) is 5.50. The number of hydrogen-bond acceptors (Lipinski definition) is 14. The molecule has 0 bridgehead atoms. The Hall–Kier alpha value is -7.90. The minimum Gasteiger partial charge on any atom is -0.497 e. The minimum atomic E-state index is -3.45. The van der Waals surface area contributed by atoms with Gasteiger partial charge in [-0.3, -0.25) is 19.1 Å². The SMILES string of the molecule is COc1ccc(OC)c(NC(=O)C(Oc2ccc(C)cc2)C(=O)C2(C)CC2)c1.COc1ccc(OS(=O)c2ccc(OC(C(=O)Nc3ccc(NS(C)(=O)=O)cc3)c3nc4ccccc4o3)cc2)cc1. The van der Waals surface area contributed by atoms with E-state index < -0.39 is 50.5 Å². The maximum absolute atomic E-state index is 13.4. The molecule has 2 amide bonds. The second-order valence-corrected chi connectivity index (χ2v) is 19.1. The molecule has 3 N–H and O–H groups in total. The normalized spacial score (nSPS) is 13.7. The highest BCUT2D eigenvalue weighted by Gasteiger charge is 2.50. The van der Waals surface area contributed by atoms with Crippen LogP contribution in [0.3, 0.4) is 0 Å². The molecule has 0 radical (unpaired) electrons. The van der Waals surface area contributed by atoms with Gasteiger partial charge in [-0.15, -0.1) is 0 Å². The monoisotopic (exact) mass is 990 g/mol. The zero-order chi connectivity index (χ0) is 50.0. The fourth-order valence-electron chi connectivity index (χ4n) is 6.63. The van der Waals surface area contributed by atoms with Crippen LogP contribution in [0.2, 0.25) is 0 Å². The van der Waals surface area contributed by atoms with Crippen LogP contribution < -0.4 is 43.2 Å². The topological polar surface area (TPSA) is 220 Å². The van der Waals surface area contributed by atoms with Crippen molar-refractivity contribution in [2.45, 2.75) is 43.8 Å². The van der Waals surface area contributed by atoms with Gasteiger partial charge >= 0.3 is 0 Å². The Labute approximate surface area is 407 Å². The average Bonchev–Trinajstić information content (AvgIpc) is 3.97. The number of carbonyl (C=O) groups is 3. The van der Waals surface area contributed by atoms with Gasteiger partial charge in [0.2, 0.25) is 33.1 Å². The molecule has 19 heteroatoms. The van der Waals surface area contributed by atoms with E-state index in [1.807, 2.05) is 26.0 Å². The number of benzene rings is 6. The summed E-state index contributed by atoms with van der Waals surface area (Å²) in [4.78, 5) is 44.2. The molecule has 8 rings (SSSR count). The summed E-state index contributed by atoms with van der Waals surface area (Å²) >= 11 is -1.80. The predicted molar refractivity (Wildman–Crippen MR) is 264 cm³/mol. The Balaban J connectivity index is 0.000000224. The quantitative estimate of drug-likeness (QED) is 0.0645. The Morgan fingerprint density at radius 1 is 0.686 bits per heavy atom. The van der Waals surface area contributed by atoms with Crippen molar-refractivity contribution in [2.24, 2.45) is 5.41 Å². The smallest absolute Gasteiger partial charge is 0.275 e. The van der Waals surface area contributed by atoms with Crippen LogP contribution in [0.1, 0.15) is 37.3 Å². The number of nitrogens with zero attached hydrogens (tertiary/aromatic N) is 1. The van der Waals surface area contributed by atoms with E-state index in [0.29, 0.717) is 61.8 Å². The zero-order valence-electron chi connectivity index (χ0n) is 38.9. The maximum atomic E-state index is 13.4. The van der Waals surface area contributed by atoms with Crippen LogP contribution in [0, 0.1) is 12.3 Å². The molecule has 1 aliphatic rings. The fourth-order valence-corrected chi connectivity index (χ4v) is 7.94. The number of aryl methyl sites for hydroxylation is 1. The number of ketones is 1. The molecule has 6 aromatic carbocycles. The van der Waals surface area contributed by atoms with E-state index in [1.54, 1.807) is 122 Å². The van der Waals surface area contributed by atoms with Crippen molar-refractivity contribution in [2.75, 3.05) is 42.9 Å². The summed E-state index contributed by atoms with van der Waals surface area (Å²) in [6.07, 6.45) is 0.0255. The van der Waals surface area contributed by atoms with Crippen molar-refractivity contribution in [3.8, 4) is 34.5 Å². The Kier molecular flexibility index (Phi) is 15.7. The summed E-state index contributed by atoms with van der Waals surface area (Å²) < 4.78 is 76.9. The van der Waals surface area contributed by atoms with E-state index in [0.717, 1.165) is 24.7 Å². The molecule has 1 heterocycles. The first-order valence-corrected chi connectivity index (χ1v) is 24.6. The number of nitrogens with one attached hydrogen (secondary N) is 3. The molecule has 0 spiro atoms. The van der Waals surface area contributed by atoms with E-state index in [2.05, 4.69) is 20.3 Å². The number of rotatable bonds is 19. The highest BCUT2D eigenvalue weighted by Crippen LogP contribution is 2.47. The fraction of sp³-hybridized carbons (Fsp3) is 0.216. The number of fused-ring (bicyclic) bond motifs is 1. The lowest BCUT2D eigenvalue weighted by molar-refractivity contribution is -0.138. The molecule has 70 heavy (non-hydrogen) atoms. The second-order valence-electron chi connectivity index (χ2n) is 16.2. The number of ether oxygens (including phenoxy) is 5. The second kappa shape index (κ2) is 22.0. The van der Waals surface area contributed by atoms with Crippen LogP contribution in [0.25, 0.3) is 11.1 Å². The van der Waals surface area contributed by atoms with E-state index in [4.69, 9.17) is 32.3 Å².